The third-order valence-corrected chi connectivity index (χ3v) is 2.55. The van der Waals surface area contributed by atoms with Crippen molar-refractivity contribution in [3.05, 3.63) is 47.8 Å². The van der Waals surface area contributed by atoms with Gasteiger partial charge in [-0.05, 0) is 24.3 Å². The van der Waals surface area contributed by atoms with Crippen molar-refractivity contribution in [1.82, 2.24) is 9.97 Å². The van der Waals surface area contributed by atoms with Crippen LogP contribution in [0.1, 0.15) is 15.9 Å². The number of amides is 1. The maximum atomic E-state index is 12.1. The van der Waals surface area contributed by atoms with E-state index in [2.05, 4.69) is 27.1 Å². The highest BCUT2D eigenvalue weighted by molar-refractivity contribution is 6.03. The second-order valence-corrected chi connectivity index (χ2v) is 3.90. The second kappa shape index (κ2) is 7.03. The first-order valence-corrected chi connectivity index (χ1v) is 6.10. The number of carbonyl (C=O) groups is 1. The summed E-state index contributed by atoms with van der Waals surface area (Å²) in [6.45, 7) is -0.266. The molecule has 0 saturated heterocycles. The monoisotopic (exact) mass is 283 g/mol. The van der Waals surface area contributed by atoms with E-state index in [0.29, 0.717) is 16.9 Å². The van der Waals surface area contributed by atoms with Gasteiger partial charge in [-0.1, -0.05) is 11.8 Å². The maximum absolute atomic E-state index is 12.1. The molecule has 2 N–H and O–H groups in total. The number of aromatic nitrogens is 2. The molecule has 1 aromatic heterocycles. The number of ether oxygens (including phenoxy) is 1. The van der Waals surface area contributed by atoms with E-state index < -0.39 is 0 Å². The summed E-state index contributed by atoms with van der Waals surface area (Å²) in [5.74, 6) is 5.66. The van der Waals surface area contributed by atoms with Crippen LogP contribution in [0.2, 0.25) is 0 Å². The van der Waals surface area contributed by atoms with Crippen LogP contribution in [0, 0.1) is 11.8 Å². The molecule has 1 amide bonds. The van der Waals surface area contributed by atoms with Crippen LogP contribution in [-0.4, -0.2) is 34.7 Å². The van der Waals surface area contributed by atoms with Crippen molar-refractivity contribution in [2.24, 2.45) is 0 Å². The molecule has 0 radical (unpaired) electrons. The Hall–Kier alpha value is -2.91. The lowest BCUT2D eigenvalue weighted by atomic mass is 10.1. The maximum Gasteiger partial charge on any atom is 0.258 e. The van der Waals surface area contributed by atoms with E-state index in [4.69, 9.17) is 9.84 Å². The number of nitrogens with one attached hydrogen (secondary N) is 1. The molecule has 0 saturated carbocycles. The van der Waals surface area contributed by atoms with Gasteiger partial charge in [0.1, 0.15) is 12.4 Å². The molecule has 0 aliphatic heterocycles. The summed E-state index contributed by atoms with van der Waals surface area (Å²) in [6.07, 6.45) is 3.07. The number of anilines is 1. The molecule has 6 heteroatoms. The second-order valence-electron chi connectivity index (χ2n) is 3.90. The van der Waals surface area contributed by atoms with Crippen LogP contribution in [0.15, 0.2) is 36.7 Å². The topological polar surface area (TPSA) is 84.3 Å². The normalized spacial score (nSPS) is 9.43. The summed E-state index contributed by atoms with van der Waals surface area (Å²) in [6, 6.07) is 6.49. The Kier molecular flexibility index (Phi) is 4.85. The standard InChI is InChI=1S/C15H13N3O3/c1-21-13-6-5-12(10-11(13)4-2-9-19)14(20)18-15-16-7-3-8-17-15/h3,5-8,10,19H,9H2,1H3,(H,16,17,18,20). The molecule has 0 spiro atoms. The molecule has 1 heterocycles. The first kappa shape index (κ1) is 14.5. The molecule has 0 unspecified atom stereocenters. The van der Waals surface area contributed by atoms with Gasteiger partial charge in [0.05, 0.1) is 12.7 Å². The number of rotatable bonds is 3. The average molecular weight is 283 g/mol. The Morgan fingerprint density at radius 2 is 2.14 bits per heavy atom. The highest BCUT2D eigenvalue weighted by Crippen LogP contribution is 2.19. The zero-order chi connectivity index (χ0) is 15.1. The van der Waals surface area contributed by atoms with Gasteiger partial charge < -0.3 is 9.84 Å². The molecule has 0 bridgehead atoms. The average Bonchev–Trinajstić information content (AvgIpc) is 2.53. The summed E-state index contributed by atoms with van der Waals surface area (Å²) in [5.41, 5.74) is 0.915. The van der Waals surface area contributed by atoms with Gasteiger partial charge in [0.25, 0.3) is 5.91 Å². The molecule has 2 aromatic rings. The number of aliphatic hydroxyl groups excluding tert-OH is 1. The van der Waals surface area contributed by atoms with E-state index in [1.807, 2.05) is 0 Å². The quantitative estimate of drug-likeness (QED) is 0.823. The fourth-order valence-corrected chi connectivity index (χ4v) is 1.62. The van der Waals surface area contributed by atoms with Crippen LogP contribution in [0.25, 0.3) is 0 Å². The molecule has 21 heavy (non-hydrogen) atoms. The Balaban J connectivity index is 2.25. The number of methoxy groups -OCH3 is 1. The molecular weight excluding hydrogens is 270 g/mol. The molecular formula is C15H13N3O3. The van der Waals surface area contributed by atoms with Gasteiger partial charge >= 0.3 is 0 Å². The fourth-order valence-electron chi connectivity index (χ4n) is 1.62. The lowest BCUT2D eigenvalue weighted by molar-refractivity contribution is 0.102. The Morgan fingerprint density at radius 1 is 1.38 bits per heavy atom. The van der Waals surface area contributed by atoms with E-state index in [-0.39, 0.29) is 18.5 Å². The minimum atomic E-state index is -0.351. The molecule has 0 fully saturated rings. The van der Waals surface area contributed by atoms with Crippen molar-refractivity contribution in [3.63, 3.8) is 0 Å². The number of hydrogen-bond donors (Lipinski definition) is 2. The van der Waals surface area contributed by atoms with Gasteiger partial charge in [0.15, 0.2) is 0 Å². The lowest BCUT2D eigenvalue weighted by Crippen LogP contribution is -2.14. The first-order valence-electron chi connectivity index (χ1n) is 6.10. The van der Waals surface area contributed by atoms with Gasteiger partial charge in [-0.2, -0.15) is 0 Å². The first-order chi connectivity index (χ1) is 10.2. The van der Waals surface area contributed by atoms with E-state index in [0.717, 1.165) is 0 Å². The zero-order valence-electron chi connectivity index (χ0n) is 11.3. The molecule has 0 aliphatic carbocycles. The summed E-state index contributed by atoms with van der Waals surface area (Å²) in [4.78, 5) is 20.0. The van der Waals surface area contributed by atoms with Gasteiger partial charge in [0.2, 0.25) is 5.95 Å². The number of aliphatic hydroxyl groups is 1. The Morgan fingerprint density at radius 3 is 2.81 bits per heavy atom. The minimum absolute atomic E-state index is 0.223. The van der Waals surface area contributed by atoms with Gasteiger partial charge in [-0.25, -0.2) is 9.97 Å². The molecule has 2 rings (SSSR count). The third-order valence-electron chi connectivity index (χ3n) is 2.55. The molecule has 0 aliphatic rings. The molecule has 1 aromatic carbocycles. The van der Waals surface area contributed by atoms with Crippen LogP contribution in [0.3, 0.4) is 0 Å². The molecule has 106 valence electrons. The number of carbonyl (C=O) groups excluding carboxylic acids is 1. The predicted octanol–water partition coefficient (Wildman–Crippen LogP) is 1.08. The zero-order valence-corrected chi connectivity index (χ0v) is 11.3. The summed E-state index contributed by atoms with van der Waals surface area (Å²) in [7, 11) is 1.51. The van der Waals surface area contributed by atoms with Crippen LogP contribution < -0.4 is 10.1 Å². The Labute approximate surface area is 121 Å². The summed E-state index contributed by atoms with van der Waals surface area (Å²) < 4.78 is 5.15. The van der Waals surface area contributed by atoms with Crippen LogP contribution in [0.5, 0.6) is 5.75 Å². The van der Waals surface area contributed by atoms with Crippen molar-refractivity contribution >= 4 is 11.9 Å². The summed E-state index contributed by atoms with van der Waals surface area (Å²) >= 11 is 0. The Bertz CT molecular complexity index is 690. The van der Waals surface area contributed by atoms with Crippen LogP contribution >= 0.6 is 0 Å². The number of nitrogens with zero attached hydrogens (tertiary/aromatic N) is 2. The smallest absolute Gasteiger partial charge is 0.258 e. The molecule has 0 atom stereocenters. The number of hydrogen-bond acceptors (Lipinski definition) is 5. The van der Waals surface area contributed by atoms with Crippen LogP contribution in [0.4, 0.5) is 5.95 Å². The predicted molar refractivity (Wildman–Crippen MR) is 76.9 cm³/mol. The van der Waals surface area contributed by atoms with Gasteiger partial charge in [-0.15, -0.1) is 0 Å². The van der Waals surface area contributed by atoms with Crippen molar-refractivity contribution in [2.45, 2.75) is 0 Å². The van der Waals surface area contributed by atoms with E-state index in [9.17, 15) is 4.79 Å². The van der Waals surface area contributed by atoms with Gasteiger partial charge in [-0.3, -0.25) is 10.1 Å². The minimum Gasteiger partial charge on any atom is -0.495 e. The largest absolute Gasteiger partial charge is 0.495 e. The van der Waals surface area contributed by atoms with Crippen molar-refractivity contribution in [3.8, 4) is 17.6 Å². The van der Waals surface area contributed by atoms with Crippen molar-refractivity contribution in [1.29, 1.82) is 0 Å². The molecule has 6 nitrogen and oxygen atoms in total. The lowest BCUT2D eigenvalue weighted by Gasteiger charge is -2.07. The van der Waals surface area contributed by atoms with Crippen molar-refractivity contribution in [2.75, 3.05) is 19.0 Å². The van der Waals surface area contributed by atoms with Crippen molar-refractivity contribution < 1.29 is 14.6 Å². The fraction of sp³-hybridized carbons (Fsp3) is 0.133. The van der Waals surface area contributed by atoms with E-state index >= 15 is 0 Å². The van der Waals surface area contributed by atoms with E-state index in [1.54, 1.807) is 24.3 Å². The highest BCUT2D eigenvalue weighted by Gasteiger charge is 2.10. The number of benzene rings is 1. The highest BCUT2D eigenvalue weighted by atomic mass is 16.5. The van der Waals surface area contributed by atoms with E-state index in [1.165, 1.54) is 19.5 Å². The third kappa shape index (κ3) is 3.78. The summed E-state index contributed by atoms with van der Waals surface area (Å²) in [5, 5.41) is 11.3. The SMILES string of the molecule is COc1ccc(C(=O)Nc2ncccn2)cc1C#CCO. The van der Waals surface area contributed by atoms with Crippen LogP contribution in [-0.2, 0) is 0 Å². The van der Waals surface area contributed by atoms with Gasteiger partial charge in [0, 0.05) is 18.0 Å².